The van der Waals surface area contributed by atoms with Crippen LogP contribution < -0.4 is 5.32 Å². The van der Waals surface area contributed by atoms with Crippen molar-refractivity contribution in [3.05, 3.63) is 83.9 Å². The number of rotatable bonds is 7. The highest BCUT2D eigenvalue weighted by Crippen LogP contribution is 2.17. The third-order valence-corrected chi connectivity index (χ3v) is 4.47. The number of nitrogens with zero attached hydrogens (tertiary/aromatic N) is 2. The largest absolute Gasteiger partial charge is 0.391 e. The smallest absolute Gasteiger partial charge is 0.110 e. The highest BCUT2D eigenvalue weighted by atomic mass is 16.3. The van der Waals surface area contributed by atoms with Crippen LogP contribution in [0.3, 0.4) is 0 Å². The minimum Gasteiger partial charge on any atom is -0.391 e. The van der Waals surface area contributed by atoms with Gasteiger partial charge in [0.15, 0.2) is 0 Å². The van der Waals surface area contributed by atoms with Crippen LogP contribution in [0.5, 0.6) is 0 Å². The second-order valence-corrected chi connectivity index (χ2v) is 6.41. The number of hydrogen-bond donors (Lipinski definition) is 2. The maximum absolute atomic E-state index is 10.2. The van der Waals surface area contributed by atoms with Gasteiger partial charge in [0, 0.05) is 30.7 Å². The van der Waals surface area contributed by atoms with E-state index in [9.17, 15) is 5.11 Å². The van der Waals surface area contributed by atoms with Crippen LogP contribution in [0.15, 0.2) is 67.0 Å². The van der Waals surface area contributed by atoms with E-state index in [1.807, 2.05) is 49.6 Å². The first-order valence-electron chi connectivity index (χ1n) is 8.69. The van der Waals surface area contributed by atoms with E-state index in [-0.39, 0.29) is 6.04 Å². The maximum atomic E-state index is 10.2. The molecule has 3 rings (SSSR count). The number of hydrogen-bond acceptors (Lipinski definition) is 3. The molecule has 0 aliphatic rings. The van der Waals surface area contributed by atoms with Crippen molar-refractivity contribution in [2.24, 2.45) is 0 Å². The van der Waals surface area contributed by atoms with Crippen molar-refractivity contribution in [2.75, 3.05) is 6.54 Å². The molecule has 0 aliphatic heterocycles. The van der Waals surface area contributed by atoms with Crippen molar-refractivity contribution in [2.45, 2.75) is 32.4 Å². The number of aliphatic hydroxyl groups excluding tert-OH is 1. The summed E-state index contributed by atoms with van der Waals surface area (Å²) in [5, 5.41) is 13.6. The van der Waals surface area contributed by atoms with Gasteiger partial charge in [-0.3, -0.25) is 0 Å². The van der Waals surface area contributed by atoms with Crippen molar-refractivity contribution < 1.29 is 5.11 Å². The monoisotopic (exact) mass is 335 g/mol. The van der Waals surface area contributed by atoms with E-state index >= 15 is 0 Å². The fourth-order valence-electron chi connectivity index (χ4n) is 2.96. The van der Waals surface area contributed by atoms with Gasteiger partial charge in [0.25, 0.3) is 0 Å². The van der Waals surface area contributed by atoms with E-state index in [2.05, 4.69) is 46.1 Å². The Labute approximate surface area is 149 Å². The Morgan fingerprint density at radius 2 is 1.80 bits per heavy atom. The van der Waals surface area contributed by atoms with Gasteiger partial charge in [0.2, 0.25) is 0 Å². The lowest BCUT2D eigenvalue weighted by molar-refractivity contribution is 0.168. The number of nitrogens with one attached hydrogen (secondary N) is 1. The molecule has 2 unspecified atom stereocenters. The van der Waals surface area contributed by atoms with Crippen LogP contribution in [-0.4, -0.2) is 27.3 Å². The summed E-state index contributed by atoms with van der Waals surface area (Å²) in [6.45, 7) is 4.68. The van der Waals surface area contributed by atoms with Crippen LogP contribution in [0.4, 0.5) is 0 Å². The van der Waals surface area contributed by atoms with Crippen molar-refractivity contribution >= 4 is 0 Å². The zero-order chi connectivity index (χ0) is 17.6. The molecule has 1 heterocycles. The van der Waals surface area contributed by atoms with Crippen molar-refractivity contribution in [3.63, 3.8) is 0 Å². The van der Waals surface area contributed by atoms with Crippen molar-refractivity contribution in [1.29, 1.82) is 0 Å². The predicted molar refractivity (Wildman–Crippen MR) is 101 cm³/mol. The summed E-state index contributed by atoms with van der Waals surface area (Å²) in [6.07, 6.45) is 4.05. The fraction of sp³-hybridized carbons (Fsp3) is 0.286. The number of aliphatic hydroxyl groups is 1. The molecule has 2 aromatic carbocycles. The van der Waals surface area contributed by atoms with Crippen LogP contribution >= 0.6 is 0 Å². The minimum atomic E-state index is -0.391. The van der Waals surface area contributed by atoms with Gasteiger partial charge >= 0.3 is 0 Å². The Bertz CT molecular complexity index is 780. The van der Waals surface area contributed by atoms with Gasteiger partial charge in [-0.05, 0) is 43.5 Å². The number of benzene rings is 2. The molecule has 0 aliphatic carbocycles. The molecule has 2 N–H and O–H groups in total. The summed E-state index contributed by atoms with van der Waals surface area (Å²) in [7, 11) is 0. The van der Waals surface area contributed by atoms with E-state index in [0.29, 0.717) is 13.0 Å². The van der Waals surface area contributed by atoms with Crippen LogP contribution in [0, 0.1) is 6.92 Å². The Balaban J connectivity index is 1.54. The summed E-state index contributed by atoms with van der Waals surface area (Å²) < 4.78 is 2.06. The Kier molecular flexibility index (Phi) is 5.64. The van der Waals surface area contributed by atoms with Crippen molar-refractivity contribution in [3.8, 4) is 5.69 Å². The van der Waals surface area contributed by atoms with Gasteiger partial charge in [-0.1, -0.05) is 42.5 Å². The van der Waals surface area contributed by atoms with Gasteiger partial charge in [0.1, 0.15) is 5.82 Å². The molecule has 3 aromatic rings. The highest BCUT2D eigenvalue weighted by molar-refractivity contribution is 5.36. The summed E-state index contributed by atoms with van der Waals surface area (Å²) in [5.74, 6) is 0.975. The molecular formula is C21H25N3O. The number of imidazole rings is 1. The lowest BCUT2D eigenvalue weighted by Gasteiger charge is -2.18. The average molecular weight is 335 g/mol. The van der Waals surface area contributed by atoms with Gasteiger partial charge < -0.3 is 15.0 Å². The molecular weight excluding hydrogens is 310 g/mol. The van der Waals surface area contributed by atoms with Crippen LogP contribution in [-0.2, 0) is 6.42 Å². The van der Waals surface area contributed by atoms with Crippen LogP contribution in [0.2, 0.25) is 0 Å². The zero-order valence-electron chi connectivity index (χ0n) is 14.8. The van der Waals surface area contributed by atoms with E-state index < -0.39 is 6.10 Å². The lowest BCUT2D eigenvalue weighted by atomic mass is 10.1. The minimum absolute atomic E-state index is 0.184. The number of aromatic nitrogens is 2. The molecule has 1 aromatic heterocycles. The van der Waals surface area contributed by atoms with E-state index in [4.69, 9.17) is 0 Å². The van der Waals surface area contributed by atoms with E-state index in [0.717, 1.165) is 17.1 Å². The Hall–Kier alpha value is -2.43. The molecule has 0 fully saturated rings. The maximum Gasteiger partial charge on any atom is 0.110 e. The molecule has 130 valence electrons. The predicted octanol–water partition coefficient (Wildman–Crippen LogP) is 3.43. The second kappa shape index (κ2) is 8.10. The van der Waals surface area contributed by atoms with Gasteiger partial charge in [0.05, 0.1) is 6.10 Å². The number of aryl methyl sites for hydroxylation is 1. The Morgan fingerprint density at radius 3 is 2.44 bits per heavy atom. The highest BCUT2D eigenvalue weighted by Gasteiger charge is 2.10. The topological polar surface area (TPSA) is 50.1 Å². The van der Waals surface area contributed by atoms with E-state index in [1.165, 1.54) is 5.56 Å². The molecule has 0 saturated heterocycles. The van der Waals surface area contributed by atoms with Crippen LogP contribution in [0.1, 0.15) is 29.9 Å². The molecule has 4 heteroatoms. The first-order valence-corrected chi connectivity index (χ1v) is 8.69. The lowest BCUT2D eigenvalue weighted by Crippen LogP contribution is -2.30. The summed E-state index contributed by atoms with van der Waals surface area (Å²) in [6, 6.07) is 18.7. The van der Waals surface area contributed by atoms with E-state index in [1.54, 1.807) is 0 Å². The first kappa shape index (κ1) is 17.4. The summed E-state index contributed by atoms with van der Waals surface area (Å²) in [4.78, 5) is 4.26. The SMILES string of the molecule is Cc1nccn1-c1ccc(C(C)NCC(O)Cc2ccccc2)cc1. The Morgan fingerprint density at radius 1 is 1.08 bits per heavy atom. The molecule has 4 nitrogen and oxygen atoms in total. The first-order chi connectivity index (χ1) is 12.1. The molecule has 25 heavy (non-hydrogen) atoms. The molecule has 0 spiro atoms. The summed E-state index contributed by atoms with van der Waals surface area (Å²) >= 11 is 0. The van der Waals surface area contributed by atoms with Gasteiger partial charge in [-0.15, -0.1) is 0 Å². The van der Waals surface area contributed by atoms with Crippen molar-refractivity contribution in [1.82, 2.24) is 14.9 Å². The molecule has 0 saturated carbocycles. The molecule has 0 radical (unpaired) electrons. The quantitative estimate of drug-likeness (QED) is 0.695. The average Bonchev–Trinajstić information content (AvgIpc) is 3.07. The van der Waals surface area contributed by atoms with Crippen LogP contribution in [0.25, 0.3) is 5.69 Å². The van der Waals surface area contributed by atoms with Gasteiger partial charge in [-0.2, -0.15) is 0 Å². The van der Waals surface area contributed by atoms with Gasteiger partial charge in [-0.25, -0.2) is 4.98 Å². The molecule has 0 amide bonds. The third kappa shape index (κ3) is 4.56. The zero-order valence-corrected chi connectivity index (χ0v) is 14.8. The standard InChI is InChI=1S/C21H25N3O/c1-16(23-15-21(25)14-18-6-4-3-5-7-18)19-8-10-20(11-9-19)24-13-12-22-17(24)2/h3-13,16,21,23,25H,14-15H2,1-2H3. The second-order valence-electron chi connectivity index (χ2n) is 6.41. The molecule has 2 atom stereocenters. The fourth-order valence-corrected chi connectivity index (χ4v) is 2.96. The summed E-state index contributed by atoms with van der Waals surface area (Å²) in [5.41, 5.74) is 3.47. The normalized spacial score (nSPS) is 13.6. The third-order valence-electron chi connectivity index (χ3n) is 4.47. The molecule has 0 bridgehead atoms.